The van der Waals surface area contributed by atoms with Gasteiger partial charge < -0.3 is 9.80 Å². The van der Waals surface area contributed by atoms with E-state index < -0.39 is 0 Å². The van der Waals surface area contributed by atoms with Crippen molar-refractivity contribution in [1.82, 2.24) is 19.5 Å². The molecule has 1 fully saturated rings. The number of piperazine rings is 1. The van der Waals surface area contributed by atoms with E-state index in [-0.39, 0.29) is 11.9 Å². The molecule has 5 rings (SSSR count). The van der Waals surface area contributed by atoms with Crippen LogP contribution in [0.15, 0.2) is 54.7 Å². The molecule has 0 N–H and O–H groups in total. The fourth-order valence-corrected chi connectivity index (χ4v) is 5.25. The van der Waals surface area contributed by atoms with Gasteiger partial charge in [0.2, 0.25) is 0 Å². The van der Waals surface area contributed by atoms with E-state index in [0.717, 1.165) is 29.9 Å². The van der Waals surface area contributed by atoms with Crippen molar-refractivity contribution in [2.24, 2.45) is 0 Å². The van der Waals surface area contributed by atoms with Gasteiger partial charge in [0.25, 0.3) is 5.91 Å². The fourth-order valence-electron chi connectivity index (χ4n) is 5.25. The topological polar surface area (TPSA) is 53.7 Å². The number of hydrogen-bond acceptors (Lipinski definition) is 4. The van der Waals surface area contributed by atoms with Crippen molar-refractivity contribution in [1.29, 1.82) is 0 Å². The number of carbonyl (C=O) groups excluding carboxylic acids is 1. The Morgan fingerprint density at radius 2 is 1.74 bits per heavy atom. The Morgan fingerprint density at radius 3 is 2.46 bits per heavy atom. The Kier molecular flexibility index (Phi) is 6.05. The van der Waals surface area contributed by atoms with Gasteiger partial charge in [-0.05, 0) is 63.4 Å². The van der Waals surface area contributed by atoms with E-state index in [1.54, 1.807) is 6.20 Å². The third-order valence-electron chi connectivity index (χ3n) is 7.15. The highest BCUT2D eigenvalue weighted by Gasteiger charge is 2.30. The van der Waals surface area contributed by atoms with Crippen LogP contribution in [0.25, 0.3) is 5.65 Å². The quantitative estimate of drug-likeness (QED) is 0.428. The van der Waals surface area contributed by atoms with E-state index in [2.05, 4.69) is 86.2 Å². The van der Waals surface area contributed by atoms with E-state index in [9.17, 15) is 4.79 Å². The molecule has 1 aliphatic heterocycles. The van der Waals surface area contributed by atoms with Gasteiger partial charge in [0.05, 0.1) is 6.20 Å². The lowest BCUT2D eigenvalue weighted by Gasteiger charge is -2.41. The summed E-state index contributed by atoms with van der Waals surface area (Å²) in [6.07, 6.45) is 2.48. The number of hydrogen-bond donors (Lipinski definition) is 0. The lowest BCUT2D eigenvalue weighted by molar-refractivity contribution is 0.0728. The number of amides is 1. The molecule has 6 nitrogen and oxygen atoms in total. The average molecular weight is 468 g/mol. The van der Waals surface area contributed by atoms with Gasteiger partial charge in [-0.3, -0.25) is 4.79 Å². The summed E-state index contributed by atoms with van der Waals surface area (Å²) in [5.74, 6) is 0.00785. The molecule has 0 aliphatic carbocycles. The maximum atomic E-state index is 13.6. The molecule has 3 heterocycles. The van der Waals surface area contributed by atoms with Gasteiger partial charge in [0.1, 0.15) is 5.56 Å². The highest BCUT2D eigenvalue weighted by molar-refractivity contribution is 6.00. The first-order valence-electron chi connectivity index (χ1n) is 12.3. The van der Waals surface area contributed by atoms with E-state index in [1.165, 1.54) is 22.4 Å². The summed E-state index contributed by atoms with van der Waals surface area (Å²) >= 11 is 0. The Labute approximate surface area is 207 Å². The zero-order chi connectivity index (χ0) is 24.7. The van der Waals surface area contributed by atoms with Crippen LogP contribution in [0.4, 0.5) is 5.69 Å². The SMILES string of the molecule is Cc1cccc(Cc2c(C)nc3c(C(=O)N4CCN(c5cccc(C)c5)C(C)C4)cnn3c2C)c1. The molecule has 1 atom stereocenters. The van der Waals surface area contributed by atoms with Crippen LogP contribution in [0.1, 0.15) is 50.9 Å². The summed E-state index contributed by atoms with van der Waals surface area (Å²) in [6, 6.07) is 17.3. The minimum absolute atomic E-state index is 0.00785. The molecule has 2 aromatic heterocycles. The Balaban J connectivity index is 1.39. The van der Waals surface area contributed by atoms with Crippen LogP contribution >= 0.6 is 0 Å². The molecule has 180 valence electrons. The zero-order valence-corrected chi connectivity index (χ0v) is 21.2. The molecule has 0 bridgehead atoms. The molecular weight excluding hydrogens is 434 g/mol. The summed E-state index contributed by atoms with van der Waals surface area (Å²) in [5, 5.41) is 4.58. The van der Waals surface area contributed by atoms with Crippen molar-refractivity contribution in [3.8, 4) is 0 Å². The third kappa shape index (κ3) is 4.41. The smallest absolute Gasteiger partial charge is 0.259 e. The minimum Gasteiger partial charge on any atom is -0.365 e. The molecule has 1 amide bonds. The molecular formula is C29H33N5O. The first kappa shape index (κ1) is 23.1. The van der Waals surface area contributed by atoms with Crippen LogP contribution in [0.3, 0.4) is 0 Å². The zero-order valence-electron chi connectivity index (χ0n) is 21.2. The molecule has 6 heteroatoms. The largest absolute Gasteiger partial charge is 0.365 e. The van der Waals surface area contributed by atoms with Crippen molar-refractivity contribution in [2.45, 2.75) is 47.1 Å². The van der Waals surface area contributed by atoms with E-state index in [4.69, 9.17) is 4.98 Å². The van der Waals surface area contributed by atoms with Crippen LogP contribution in [-0.4, -0.2) is 51.1 Å². The average Bonchev–Trinajstić information content (AvgIpc) is 3.25. The molecule has 1 unspecified atom stereocenters. The molecule has 35 heavy (non-hydrogen) atoms. The van der Waals surface area contributed by atoms with Crippen LogP contribution in [0.5, 0.6) is 0 Å². The maximum absolute atomic E-state index is 13.6. The summed E-state index contributed by atoms with van der Waals surface area (Å²) in [7, 11) is 0. The van der Waals surface area contributed by atoms with Crippen LogP contribution < -0.4 is 4.90 Å². The number of aromatic nitrogens is 3. The molecule has 0 saturated carbocycles. The van der Waals surface area contributed by atoms with Gasteiger partial charge in [-0.1, -0.05) is 42.0 Å². The first-order valence-corrected chi connectivity index (χ1v) is 12.3. The van der Waals surface area contributed by atoms with Gasteiger partial charge in [-0.2, -0.15) is 5.10 Å². The Bertz CT molecular complexity index is 1410. The summed E-state index contributed by atoms with van der Waals surface area (Å²) in [6.45, 7) is 12.7. The minimum atomic E-state index is 0.00785. The molecule has 0 radical (unpaired) electrons. The monoisotopic (exact) mass is 467 g/mol. The second-order valence-electron chi connectivity index (χ2n) is 9.85. The number of fused-ring (bicyclic) bond motifs is 1. The van der Waals surface area contributed by atoms with Gasteiger partial charge in [-0.15, -0.1) is 0 Å². The number of rotatable bonds is 4. The lowest BCUT2D eigenvalue weighted by Crippen LogP contribution is -2.53. The van der Waals surface area contributed by atoms with Gasteiger partial charge in [0, 0.05) is 49.2 Å². The second kappa shape index (κ2) is 9.17. The van der Waals surface area contributed by atoms with Gasteiger partial charge in [-0.25, -0.2) is 9.50 Å². The number of benzene rings is 2. The highest BCUT2D eigenvalue weighted by Crippen LogP contribution is 2.25. The third-order valence-corrected chi connectivity index (χ3v) is 7.15. The lowest BCUT2D eigenvalue weighted by atomic mass is 10.0. The number of anilines is 1. The fraction of sp³-hybridized carbons (Fsp3) is 0.345. The number of nitrogens with zero attached hydrogens (tertiary/aromatic N) is 5. The van der Waals surface area contributed by atoms with Crippen molar-refractivity contribution < 1.29 is 4.79 Å². The first-order chi connectivity index (χ1) is 16.8. The highest BCUT2D eigenvalue weighted by atomic mass is 16.2. The Hall–Kier alpha value is -3.67. The van der Waals surface area contributed by atoms with E-state index >= 15 is 0 Å². The van der Waals surface area contributed by atoms with Gasteiger partial charge >= 0.3 is 0 Å². The molecule has 1 saturated heterocycles. The molecule has 1 aliphatic rings. The molecule has 0 spiro atoms. The van der Waals surface area contributed by atoms with Gasteiger partial charge in [0.15, 0.2) is 5.65 Å². The van der Waals surface area contributed by atoms with E-state index in [1.807, 2.05) is 16.3 Å². The van der Waals surface area contributed by atoms with Crippen LogP contribution in [0.2, 0.25) is 0 Å². The standard InChI is InChI=1S/C29H33N5O/c1-19-8-6-10-24(14-19)16-26-22(4)31-28-27(17-30-34(28)23(26)5)29(35)32-12-13-33(21(3)18-32)25-11-7-9-20(2)15-25/h6-11,14-15,17,21H,12-13,16,18H2,1-5H3. The van der Waals surface area contributed by atoms with Crippen molar-refractivity contribution >= 4 is 17.2 Å². The summed E-state index contributed by atoms with van der Waals surface area (Å²) in [4.78, 5) is 22.8. The van der Waals surface area contributed by atoms with Crippen LogP contribution in [0, 0.1) is 27.7 Å². The van der Waals surface area contributed by atoms with Crippen LogP contribution in [-0.2, 0) is 6.42 Å². The van der Waals surface area contributed by atoms with Crippen molar-refractivity contribution in [3.05, 3.63) is 93.9 Å². The van der Waals surface area contributed by atoms with Crippen molar-refractivity contribution in [2.75, 3.05) is 24.5 Å². The summed E-state index contributed by atoms with van der Waals surface area (Å²) in [5.41, 5.74) is 9.32. The normalized spacial score (nSPS) is 16.2. The molecule has 4 aromatic rings. The number of aryl methyl sites for hydroxylation is 4. The maximum Gasteiger partial charge on any atom is 0.259 e. The van der Waals surface area contributed by atoms with Crippen molar-refractivity contribution in [3.63, 3.8) is 0 Å². The summed E-state index contributed by atoms with van der Waals surface area (Å²) < 4.78 is 1.83. The predicted molar refractivity (Wildman–Crippen MR) is 140 cm³/mol. The number of carbonyl (C=O) groups is 1. The van der Waals surface area contributed by atoms with E-state index in [0.29, 0.717) is 24.3 Å². The predicted octanol–water partition coefficient (Wildman–Crippen LogP) is 4.90. The second-order valence-corrected chi connectivity index (χ2v) is 9.85. The Morgan fingerprint density at radius 1 is 1.00 bits per heavy atom. The molecule has 2 aromatic carbocycles.